The summed E-state index contributed by atoms with van der Waals surface area (Å²) in [5, 5.41) is 6.73. The third-order valence-corrected chi connectivity index (χ3v) is 4.99. The first-order valence-electron chi connectivity index (χ1n) is 9.83. The zero-order valence-corrected chi connectivity index (χ0v) is 19.6. The predicted molar refractivity (Wildman–Crippen MR) is 129 cm³/mol. The minimum absolute atomic E-state index is 0.242. The number of para-hydroxylation sites is 2. The molecule has 0 saturated heterocycles. The average Bonchev–Trinajstić information content (AvgIpc) is 2.83. The number of hydrazone groups is 1. The van der Waals surface area contributed by atoms with Crippen molar-refractivity contribution in [3.8, 4) is 17.2 Å². The summed E-state index contributed by atoms with van der Waals surface area (Å²) in [5.41, 5.74) is 4.17. The first-order chi connectivity index (χ1) is 16.0. The van der Waals surface area contributed by atoms with E-state index >= 15 is 0 Å². The lowest BCUT2D eigenvalue weighted by molar-refractivity contribution is -0.118. The van der Waals surface area contributed by atoms with E-state index in [1.54, 1.807) is 54.6 Å². The minimum Gasteiger partial charge on any atom is -0.495 e. The van der Waals surface area contributed by atoms with E-state index in [0.29, 0.717) is 38.5 Å². The Morgan fingerprint density at radius 3 is 2.39 bits per heavy atom. The van der Waals surface area contributed by atoms with Gasteiger partial charge in [0.25, 0.3) is 11.8 Å². The molecule has 33 heavy (non-hydrogen) atoms. The molecule has 0 saturated carbocycles. The Morgan fingerprint density at radius 2 is 1.67 bits per heavy atom. The maximum absolute atomic E-state index is 12.3. The normalized spacial score (nSPS) is 10.5. The lowest BCUT2D eigenvalue weighted by Gasteiger charge is -2.14. The second kappa shape index (κ2) is 11.7. The molecule has 0 unspecified atom stereocenters. The van der Waals surface area contributed by atoms with E-state index in [2.05, 4.69) is 31.8 Å². The molecule has 0 atom stereocenters. The molecular weight excluding hydrogens is 490 g/mol. The van der Waals surface area contributed by atoms with Gasteiger partial charge < -0.3 is 19.5 Å². The first kappa shape index (κ1) is 23.8. The summed E-state index contributed by atoms with van der Waals surface area (Å²) in [6, 6.07) is 19.3. The molecule has 0 aliphatic heterocycles. The summed E-state index contributed by atoms with van der Waals surface area (Å²) in [4.78, 5) is 24.4. The molecule has 3 aromatic rings. The fourth-order valence-electron chi connectivity index (χ4n) is 2.85. The average molecular weight is 512 g/mol. The second-order valence-electron chi connectivity index (χ2n) is 6.64. The van der Waals surface area contributed by atoms with Crippen molar-refractivity contribution in [1.29, 1.82) is 0 Å². The molecule has 2 N–H and O–H groups in total. The Morgan fingerprint density at radius 1 is 0.970 bits per heavy atom. The number of methoxy groups -OCH3 is 2. The van der Waals surface area contributed by atoms with Gasteiger partial charge >= 0.3 is 0 Å². The quantitative estimate of drug-likeness (QED) is 0.330. The summed E-state index contributed by atoms with van der Waals surface area (Å²) in [5.74, 6) is 0.623. The van der Waals surface area contributed by atoms with Crippen LogP contribution in [0.4, 0.5) is 5.69 Å². The van der Waals surface area contributed by atoms with Crippen molar-refractivity contribution in [3.05, 3.63) is 82.3 Å². The van der Waals surface area contributed by atoms with E-state index < -0.39 is 0 Å². The van der Waals surface area contributed by atoms with Gasteiger partial charge in [0.1, 0.15) is 5.75 Å². The number of amides is 2. The number of nitrogens with zero attached hydrogens (tertiary/aromatic N) is 1. The molecule has 2 amide bonds. The van der Waals surface area contributed by atoms with Crippen LogP contribution in [0.5, 0.6) is 17.2 Å². The molecule has 8 nitrogen and oxygen atoms in total. The smallest absolute Gasteiger partial charge is 0.271 e. The van der Waals surface area contributed by atoms with Crippen LogP contribution in [-0.4, -0.2) is 38.9 Å². The third-order valence-electron chi connectivity index (χ3n) is 4.40. The van der Waals surface area contributed by atoms with Crippen molar-refractivity contribution in [3.63, 3.8) is 0 Å². The Kier molecular flexibility index (Phi) is 8.43. The topological polar surface area (TPSA) is 98.3 Å². The Hall–Kier alpha value is -3.85. The van der Waals surface area contributed by atoms with E-state index in [0.717, 1.165) is 0 Å². The van der Waals surface area contributed by atoms with E-state index in [4.69, 9.17) is 14.2 Å². The number of rotatable bonds is 9. The van der Waals surface area contributed by atoms with Crippen LogP contribution in [0.3, 0.4) is 0 Å². The van der Waals surface area contributed by atoms with Crippen LogP contribution in [-0.2, 0) is 4.79 Å². The highest BCUT2D eigenvalue weighted by Crippen LogP contribution is 2.36. The zero-order valence-electron chi connectivity index (χ0n) is 18.0. The predicted octanol–water partition coefficient (Wildman–Crippen LogP) is 4.25. The van der Waals surface area contributed by atoms with Crippen LogP contribution in [0.1, 0.15) is 15.9 Å². The molecular formula is C24H22BrN3O5. The molecule has 3 rings (SSSR count). The first-order valence-corrected chi connectivity index (χ1v) is 10.6. The number of carbonyl (C=O) groups excluding carboxylic acids is 2. The van der Waals surface area contributed by atoms with Gasteiger partial charge in [-0.15, -0.1) is 0 Å². The third kappa shape index (κ3) is 6.56. The summed E-state index contributed by atoms with van der Waals surface area (Å²) < 4.78 is 16.9. The van der Waals surface area contributed by atoms with Gasteiger partial charge in [0.2, 0.25) is 0 Å². The fourth-order valence-corrected chi connectivity index (χ4v) is 3.42. The van der Waals surface area contributed by atoms with Crippen LogP contribution in [0.2, 0.25) is 0 Å². The van der Waals surface area contributed by atoms with Gasteiger partial charge in [0.05, 0.1) is 30.6 Å². The Balaban J connectivity index is 1.64. The molecule has 170 valence electrons. The molecule has 0 spiro atoms. The Labute approximate surface area is 199 Å². The molecule has 0 fully saturated rings. The highest BCUT2D eigenvalue weighted by atomic mass is 79.9. The van der Waals surface area contributed by atoms with Crippen molar-refractivity contribution in [1.82, 2.24) is 5.43 Å². The molecule has 0 aromatic heterocycles. The van der Waals surface area contributed by atoms with E-state index in [9.17, 15) is 9.59 Å². The summed E-state index contributed by atoms with van der Waals surface area (Å²) >= 11 is 3.43. The van der Waals surface area contributed by atoms with Crippen LogP contribution in [0.25, 0.3) is 0 Å². The molecule has 0 aliphatic rings. The highest BCUT2D eigenvalue weighted by Gasteiger charge is 2.14. The standard InChI is InChI=1S/C24H22BrN3O5/c1-31-20-11-7-6-10-19(20)27-22(29)15-33-23-18(25)12-16(13-21(23)32-2)14-26-28-24(30)17-8-4-3-5-9-17/h3-14H,15H2,1-2H3,(H,27,29)(H,28,30)/b26-14+. The number of nitrogens with one attached hydrogen (secondary N) is 2. The van der Waals surface area contributed by atoms with Gasteiger partial charge in [-0.05, 0) is 57.9 Å². The van der Waals surface area contributed by atoms with Gasteiger partial charge in [0, 0.05) is 5.56 Å². The van der Waals surface area contributed by atoms with Crippen molar-refractivity contribution in [2.75, 3.05) is 26.1 Å². The number of carbonyl (C=O) groups is 2. The molecule has 0 radical (unpaired) electrons. The minimum atomic E-state index is -0.359. The summed E-state index contributed by atoms with van der Waals surface area (Å²) in [7, 11) is 3.02. The largest absolute Gasteiger partial charge is 0.495 e. The van der Waals surface area contributed by atoms with Crippen molar-refractivity contribution >= 4 is 39.6 Å². The monoisotopic (exact) mass is 511 g/mol. The number of anilines is 1. The molecule has 3 aromatic carbocycles. The van der Waals surface area contributed by atoms with Crippen LogP contribution >= 0.6 is 15.9 Å². The van der Waals surface area contributed by atoms with Gasteiger partial charge in [0.15, 0.2) is 18.1 Å². The SMILES string of the molecule is COc1ccccc1NC(=O)COc1c(Br)cc(/C=N/NC(=O)c2ccccc2)cc1OC. The number of halogens is 1. The number of benzene rings is 3. The second-order valence-corrected chi connectivity index (χ2v) is 7.49. The van der Waals surface area contributed by atoms with E-state index in [1.807, 2.05) is 12.1 Å². The Bertz CT molecular complexity index is 1150. The highest BCUT2D eigenvalue weighted by molar-refractivity contribution is 9.10. The van der Waals surface area contributed by atoms with Gasteiger partial charge in [-0.2, -0.15) is 5.10 Å². The maximum atomic E-state index is 12.3. The maximum Gasteiger partial charge on any atom is 0.271 e. The van der Waals surface area contributed by atoms with Crippen LogP contribution in [0, 0.1) is 0 Å². The van der Waals surface area contributed by atoms with E-state index in [-0.39, 0.29) is 18.4 Å². The van der Waals surface area contributed by atoms with Crippen LogP contribution in [0.15, 0.2) is 76.3 Å². The number of hydrogen-bond acceptors (Lipinski definition) is 6. The molecule has 0 heterocycles. The van der Waals surface area contributed by atoms with E-state index in [1.165, 1.54) is 20.4 Å². The molecule has 0 bridgehead atoms. The zero-order chi connectivity index (χ0) is 23.6. The van der Waals surface area contributed by atoms with Gasteiger partial charge in [-0.3, -0.25) is 9.59 Å². The summed E-state index contributed by atoms with van der Waals surface area (Å²) in [6.07, 6.45) is 1.48. The number of ether oxygens (including phenoxy) is 3. The van der Waals surface area contributed by atoms with Crippen molar-refractivity contribution < 1.29 is 23.8 Å². The van der Waals surface area contributed by atoms with Crippen molar-refractivity contribution in [2.24, 2.45) is 5.10 Å². The van der Waals surface area contributed by atoms with Crippen LogP contribution < -0.4 is 25.0 Å². The fraction of sp³-hybridized carbons (Fsp3) is 0.125. The van der Waals surface area contributed by atoms with Gasteiger partial charge in [-0.25, -0.2) is 5.43 Å². The van der Waals surface area contributed by atoms with Gasteiger partial charge in [-0.1, -0.05) is 30.3 Å². The lowest BCUT2D eigenvalue weighted by atomic mass is 10.2. The lowest BCUT2D eigenvalue weighted by Crippen LogP contribution is -2.20. The molecule has 9 heteroatoms. The number of hydrogen-bond donors (Lipinski definition) is 2. The van der Waals surface area contributed by atoms with Crippen molar-refractivity contribution in [2.45, 2.75) is 0 Å². The summed E-state index contributed by atoms with van der Waals surface area (Å²) in [6.45, 7) is -0.242. The molecule has 0 aliphatic carbocycles.